The monoisotopic (exact) mass is 1140 g/mol. The fourth-order valence-corrected chi connectivity index (χ4v) is 9.77. The second-order valence-corrected chi connectivity index (χ2v) is 20.3. The molecule has 0 bridgehead atoms. The zero-order valence-electron chi connectivity index (χ0n) is 38.7. The van der Waals surface area contributed by atoms with E-state index in [-0.39, 0.29) is 187 Å². The van der Waals surface area contributed by atoms with Crippen LogP contribution in [0.1, 0.15) is 132 Å². The van der Waals surface area contributed by atoms with Crippen molar-refractivity contribution in [3.05, 3.63) is 76.4 Å². The van der Waals surface area contributed by atoms with Crippen LogP contribution in [0.3, 0.4) is 0 Å². The molecule has 0 saturated heterocycles. The van der Waals surface area contributed by atoms with E-state index in [1.165, 1.54) is 19.8 Å². The maximum Gasteiger partial charge on any atom is 1.00 e. The molecule has 2 spiro atoms. The SMILES string of the molecule is CC(C)(C)OC(=O)NC1CC2(CC(=C3OC(=O)c4ccccc43)C2)C1.CC(C)(C)OC(=O)NC1CC2(CC(=O)C2)C1.COP(=O)(OC)C1OC(=O)c2ccccc21.O=CO[O-].[Cs+].[Cs+].[H-]. The molecule has 334 valence electrons. The first-order valence-corrected chi connectivity index (χ1v) is 21.5. The van der Waals surface area contributed by atoms with Crippen LogP contribution in [-0.2, 0) is 47.0 Å². The third-order valence-electron chi connectivity index (χ3n) is 10.9. The Morgan fingerprint density at radius 2 is 1.17 bits per heavy atom. The summed E-state index contributed by atoms with van der Waals surface area (Å²) in [4.78, 5) is 68.9. The van der Waals surface area contributed by atoms with Gasteiger partial charge in [0.2, 0.25) is 5.85 Å². The number of Topliss-reactive ketones (excluding diaryl/α,β-unsaturated/α-hetero) is 1. The number of ketones is 1. The minimum Gasteiger partial charge on any atom is -1.00 e. The summed E-state index contributed by atoms with van der Waals surface area (Å²) in [6, 6.07) is 14.7. The zero-order chi connectivity index (χ0) is 45.0. The molecule has 8 rings (SSSR count). The number of amides is 2. The molecule has 4 saturated carbocycles. The van der Waals surface area contributed by atoms with E-state index in [1.54, 1.807) is 24.3 Å². The van der Waals surface area contributed by atoms with Crippen molar-refractivity contribution in [1.29, 1.82) is 0 Å². The Morgan fingerprint density at radius 1 is 0.746 bits per heavy atom. The van der Waals surface area contributed by atoms with E-state index in [1.807, 2.05) is 65.8 Å². The van der Waals surface area contributed by atoms with Gasteiger partial charge in [0, 0.05) is 50.3 Å². The van der Waals surface area contributed by atoms with Crippen molar-refractivity contribution in [2.75, 3.05) is 14.2 Å². The van der Waals surface area contributed by atoms with Gasteiger partial charge in [-0.15, -0.1) is 0 Å². The summed E-state index contributed by atoms with van der Waals surface area (Å²) in [6.07, 6.45) is 6.38. The van der Waals surface area contributed by atoms with Crippen LogP contribution in [0, 0.1) is 10.8 Å². The molecule has 1 atom stereocenters. The van der Waals surface area contributed by atoms with Gasteiger partial charge < -0.3 is 50.2 Å². The quantitative estimate of drug-likeness (QED) is 0.103. The van der Waals surface area contributed by atoms with Crippen LogP contribution in [0.2, 0.25) is 0 Å². The Balaban J connectivity index is 0.000000320. The predicted octanol–water partition coefficient (Wildman–Crippen LogP) is 0.955. The summed E-state index contributed by atoms with van der Waals surface area (Å²) in [7, 11) is -0.916. The molecule has 2 aromatic rings. The number of alkyl carbamates (subject to hydrolysis) is 2. The predicted molar refractivity (Wildman–Crippen MR) is 216 cm³/mol. The van der Waals surface area contributed by atoms with Crippen molar-refractivity contribution in [3.8, 4) is 0 Å². The van der Waals surface area contributed by atoms with Gasteiger partial charge >= 0.3 is 170 Å². The van der Waals surface area contributed by atoms with Crippen molar-refractivity contribution in [2.24, 2.45) is 10.8 Å². The molecular formula is C43H55Cs2N2O15P. The molecule has 4 fully saturated rings. The molecule has 2 aromatic carbocycles. The first-order chi connectivity index (χ1) is 28.6. The fourth-order valence-electron chi connectivity index (χ4n) is 8.45. The second kappa shape index (κ2) is 23.3. The van der Waals surface area contributed by atoms with Gasteiger partial charge in [-0.3, -0.25) is 14.2 Å². The van der Waals surface area contributed by atoms with Gasteiger partial charge in [0.1, 0.15) is 22.7 Å². The summed E-state index contributed by atoms with van der Waals surface area (Å²) in [5.41, 5.74) is 3.31. The molecule has 17 nitrogen and oxygen atoms in total. The molecular weight excluding hydrogens is 1080 g/mol. The van der Waals surface area contributed by atoms with E-state index in [0.29, 0.717) is 35.3 Å². The van der Waals surface area contributed by atoms with Crippen LogP contribution < -0.4 is 154 Å². The molecule has 2 aliphatic heterocycles. The van der Waals surface area contributed by atoms with Crippen molar-refractivity contribution >= 4 is 49.7 Å². The number of hydrogen-bond acceptors (Lipinski definition) is 15. The van der Waals surface area contributed by atoms with E-state index < -0.39 is 30.6 Å². The Hall–Kier alpha value is -0.986. The molecule has 63 heavy (non-hydrogen) atoms. The topological polar surface area (TPSA) is 231 Å². The maximum atomic E-state index is 12.1. The summed E-state index contributed by atoms with van der Waals surface area (Å²) < 4.78 is 42.8. The molecule has 0 radical (unpaired) electrons. The van der Waals surface area contributed by atoms with Gasteiger partial charge in [-0.2, -0.15) is 0 Å². The summed E-state index contributed by atoms with van der Waals surface area (Å²) in [5.74, 6) is -0.608. The van der Waals surface area contributed by atoms with Crippen LogP contribution >= 0.6 is 7.60 Å². The summed E-state index contributed by atoms with van der Waals surface area (Å²) in [5, 5.41) is 14.2. The molecule has 20 heteroatoms. The van der Waals surface area contributed by atoms with E-state index in [9.17, 15) is 28.5 Å². The smallest absolute Gasteiger partial charge is 1.00 e. The van der Waals surface area contributed by atoms with Gasteiger partial charge in [-0.25, -0.2) is 19.2 Å². The minimum absolute atomic E-state index is 0. The van der Waals surface area contributed by atoms with E-state index >= 15 is 0 Å². The molecule has 2 heterocycles. The summed E-state index contributed by atoms with van der Waals surface area (Å²) in [6.45, 7) is 10.9. The normalized spacial score (nSPS) is 22.1. The van der Waals surface area contributed by atoms with Crippen LogP contribution in [0.5, 0.6) is 0 Å². The Morgan fingerprint density at radius 3 is 1.60 bits per heavy atom. The van der Waals surface area contributed by atoms with Crippen molar-refractivity contribution < 1.29 is 211 Å². The number of carbonyl (C=O) groups is 6. The third kappa shape index (κ3) is 14.8. The first-order valence-electron chi connectivity index (χ1n) is 19.8. The number of carbonyl (C=O) groups excluding carboxylic acids is 6. The van der Waals surface area contributed by atoms with E-state index in [4.69, 9.17) is 38.0 Å². The van der Waals surface area contributed by atoms with E-state index in [2.05, 4.69) is 15.5 Å². The van der Waals surface area contributed by atoms with Crippen LogP contribution in [0.4, 0.5) is 9.59 Å². The Labute approximate surface area is 486 Å². The van der Waals surface area contributed by atoms with Crippen molar-refractivity contribution in [3.63, 3.8) is 0 Å². The van der Waals surface area contributed by atoms with Crippen molar-refractivity contribution in [2.45, 2.75) is 122 Å². The largest absolute Gasteiger partial charge is 1.00 e. The molecule has 6 aliphatic rings. The molecule has 2 amide bonds. The number of nitrogens with one attached hydrogen (secondary N) is 2. The Bertz CT molecular complexity index is 2080. The minimum atomic E-state index is -3.44. The third-order valence-corrected chi connectivity index (χ3v) is 12.9. The van der Waals surface area contributed by atoms with Gasteiger partial charge in [-0.05, 0) is 109 Å². The maximum absolute atomic E-state index is 12.1. The van der Waals surface area contributed by atoms with Crippen LogP contribution in [-0.4, -0.2) is 73.9 Å². The number of benzene rings is 2. The number of cyclic esters (lactones) is 2. The number of esters is 2. The second-order valence-electron chi connectivity index (χ2n) is 18.1. The van der Waals surface area contributed by atoms with Crippen LogP contribution in [0.25, 0.3) is 5.76 Å². The average Bonchev–Trinajstić information content (AvgIpc) is 3.65. The average molecular weight is 1140 g/mol. The Kier molecular flexibility index (Phi) is 20.9. The number of fused-ring (bicyclic) bond motifs is 2. The summed E-state index contributed by atoms with van der Waals surface area (Å²) >= 11 is 0. The fraction of sp³-hybridized carbons (Fsp3) is 0.535. The standard InChI is InChI=1S/C20H23NO4.C12H19NO3.C10H11O5P.CH2O3.2Cs.H/c1-19(2,3)25-18(23)21-13-10-20(11-13)8-12(9-20)16-14-6-4-5-7-15(14)17(22)24-16;1-11(2,3)16-10(15)13-8-4-12(5-8)6-9(14)7-12;1-13-16(12,14-2)10-8-6-4-3-5-7(8)9(11)15-10;2-1-4-3;;;/h4-7,13H,8-11H2,1-3H3,(H,21,23);8H,4-7H2,1-3H3,(H,13,15);3-6,10H,1-2H3;1,3H;;;/q;;;;2*+1;-1/p-1. The first kappa shape index (κ1) is 56.3. The molecule has 0 aromatic heterocycles. The van der Waals surface area contributed by atoms with Crippen molar-refractivity contribution in [1.82, 2.24) is 10.6 Å². The number of ether oxygens (including phenoxy) is 4. The molecule has 4 aliphatic carbocycles. The van der Waals surface area contributed by atoms with Gasteiger partial charge in [0.15, 0.2) is 0 Å². The number of hydrogen-bond donors (Lipinski definition) is 2. The molecule has 2 N–H and O–H groups in total. The zero-order valence-corrected chi connectivity index (χ0v) is 51.1. The van der Waals surface area contributed by atoms with Gasteiger partial charge in [0.25, 0.3) is 6.47 Å². The van der Waals surface area contributed by atoms with E-state index in [0.717, 1.165) is 49.8 Å². The van der Waals surface area contributed by atoms with Gasteiger partial charge in [-0.1, -0.05) is 36.4 Å². The number of rotatable bonds is 6. The van der Waals surface area contributed by atoms with Gasteiger partial charge in [0.05, 0.1) is 11.1 Å². The molecule has 1 unspecified atom stereocenters. The number of allylic oxidation sites excluding steroid dienone is 1. The van der Waals surface area contributed by atoms with Crippen LogP contribution in [0.15, 0.2) is 54.1 Å².